The van der Waals surface area contributed by atoms with E-state index in [1.807, 2.05) is 12.1 Å². The van der Waals surface area contributed by atoms with Crippen LogP contribution >= 0.6 is 0 Å². The molecule has 3 heteroatoms. The minimum Gasteiger partial charge on any atom is -0.451 e. The predicted molar refractivity (Wildman–Crippen MR) is 59.8 cm³/mol. The van der Waals surface area contributed by atoms with Gasteiger partial charge in [-0.15, -0.1) is 6.42 Å². The van der Waals surface area contributed by atoms with Crippen LogP contribution in [-0.2, 0) is 6.54 Å². The first-order chi connectivity index (χ1) is 7.36. The molecule has 0 aliphatic rings. The van der Waals surface area contributed by atoms with Crippen LogP contribution in [0, 0.1) is 24.2 Å². The summed E-state index contributed by atoms with van der Waals surface area (Å²) in [5.41, 5.74) is 5.37. The Kier molecular flexibility index (Phi) is 5.11. The van der Waals surface area contributed by atoms with E-state index in [0.717, 1.165) is 18.7 Å². The van der Waals surface area contributed by atoms with E-state index in [0.29, 0.717) is 18.8 Å². The Labute approximate surface area is 90.0 Å². The second-order valence-corrected chi connectivity index (χ2v) is 2.98. The summed E-state index contributed by atoms with van der Waals surface area (Å²) in [6, 6.07) is 3.69. The van der Waals surface area contributed by atoms with E-state index in [9.17, 15) is 0 Å². The summed E-state index contributed by atoms with van der Waals surface area (Å²) in [6.07, 6.45) is 5.97. The quantitative estimate of drug-likeness (QED) is 0.546. The van der Waals surface area contributed by atoms with Crippen molar-refractivity contribution in [2.45, 2.75) is 13.0 Å². The summed E-state index contributed by atoms with van der Waals surface area (Å²) in [5, 5.41) is 3.21. The Morgan fingerprint density at radius 3 is 3.07 bits per heavy atom. The number of hydrogen-bond acceptors (Lipinski definition) is 3. The molecule has 0 unspecified atom stereocenters. The Hall–Kier alpha value is -1.68. The molecule has 0 bridgehead atoms. The lowest BCUT2D eigenvalue weighted by atomic mass is 10.4. The standard InChI is InChI=1S/C12H14N2O/c1-2-3-5-11-6-7-12(15-11)10-14-9-4-8-13/h1,6-7,14H,4,8-10,13H2. The normalized spacial score (nSPS) is 9.07. The second kappa shape index (κ2) is 6.73. The SMILES string of the molecule is C#CC#Cc1ccc(CNCCCN)o1. The van der Waals surface area contributed by atoms with Gasteiger partial charge in [0, 0.05) is 0 Å². The van der Waals surface area contributed by atoms with Gasteiger partial charge in [-0.05, 0) is 49.4 Å². The molecule has 0 aromatic carbocycles. The molecule has 1 heterocycles. The molecule has 0 aliphatic heterocycles. The average molecular weight is 202 g/mol. The lowest BCUT2D eigenvalue weighted by Crippen LogP contribution is -2.17. The van der Waals surface area contributed by atoms with E-state index in [2.05, 4.69) is 23.1 Å². The molecular weight excluding hydrogens is 188 g/mol. The highest BCUT2D eigenvalue weighted by atomic mass is 16.3. The minimum absolute atomic E-state index is 0.601. The lowest BCUT2D eigenvalue weighted by molar-refractivity contribution is 0.474. The molecule has 1 aromatic rings. The zero-order valence-corrected chi connectivity index (χ0v) is 8.55. The van der Waals surface area contributed by atoms with Crippen LogP contribution < -0.4 is 11.1 Å². The van der Waals surface area contributed by atoms with Gasteiger partial charge in [0.1, 0.15) is 5.76 Å². The molecule has 78 valence electrons. The molecule has 0 atom stereocenters. The van der Waals surface area contributed by atoms with Gasteiger partial charge in [-0.1, -0.05) is 0 Å². The average Bonchev–Trinajstić information content (AvgIpc) is 2.69. The largest absolute Gasteiger partial charge is 0.451 e. The summed E-state index contributed by atoms with van der Waals surface area (Å²) >= 11 is 0. The van der Waals surface area contributed by atoms with Crippen LogP contribution in [0.3, 0.4) is 0 Å². The van der Waals surface area contributed by atoms with Gasteiger partial charge in [0.25, 0.3) is 0 Å². The number of furan rings is 1. The first-order valence-corrected chi connectivity index (χ1v) is 4.83. The van der Waals surface area contributed by atoms with Crippen LogP contribution in [0.1, 0.15) is 17.9 Å². The molecule has 0 amide bonds. The van der Waals surface area contributed by atoms with E-state index in [4.69, 9.17) is 16.6 Å². The second-order valence-electron chi connectivity index (χ2n) is 2.98. The van der Waals surface area contributed by atoms with Crippen molar-refractivity contribution in [3.8, 4) is 24.2 Å². The number of terminal acetylenes is 1. The zero-order chi connectivity index (χ0) is 10.9. The molecule has 0 aliphatic carbocycles. The first kappa shape index (κ1) is 11.4. The Morgan fingerprint density at radius 1 is 1.47 bits per heavy atom. The summed E-state index contributed by atoms with van der Waals surface area (Å²) in [7, 11) is 0. The molecule has 0 spiro atoms. The molecule has 3 N–H and O–H groups in total. The number of rotatable bonds is 5. The topological polar surface area (TPSA) is 51.2 Å². The van der Waals surface area contributed by atoms with Crippen LogP contribution in [0.2, 0.25) is 0 Å². The maximum Gasteiger partial charge on any atom is 0.178 e. The lowest BCUT2D eigenvalue weighted by Gasteiger charge is -1.99. The third kappa shape index (κ3) is 4.37. The Bertz CT molecular complexity index is 390. The Morgan fingerprint density at radius 2 is 2.33 bits per heavy atom. The molecule has 1 rings (SSSR count). The van der Waals surface area contributed by atoms with Crippen molar-refractivity contribution in [2.75, 3.05) is 13.1 Å². The summed E-state index contributed by atoms with van der Waals surface area (Å²) in [5.74, 6) is 8.91. The van der Waals surface area contributed by atoms with E-state index in [-0.39, 0.29) is 0 Å². The van der Waals surface area contributed by atoms with E-state index < -0.39 is 0 Å². The van der Waals surface area contributed by atoms with Crippen molar-refractivity contribution in [1.29, 1.82) is 0 Å². The van der Waals surface area contributed by atoms with Crippen molar-refractivity contribution >= 4 is 0 Å². The van der Waals surface area contributed by atoms with Crippen LogP contribution in [0.5, 0.6) is 0 Å². The number of nitrogens with one attached hydrogen (secondary N) is 1. The van der Waals surface area contributed by atoms with Gasteiger partial charge in [0.05, 0.1) is 6.54 Å². The molecule has 1 aromatic heterocycles. The highest BCUT2D eigenvalue weighted by molar-refractivity contribution is 5.33. The molecule has 0 saturated carbocycles. The van der Waals surface area contributed by atoms with Crippen LogP contribution in [0.15, 0.2) is 16.5 Å². The van der Waals surface area contributed by atoms with Gasteiger partial charge in [-0.25, -0.2) is 0 Å². The van der Waals surface area contributed by atoms with Gasteiger partial charge < -0.3 is 15.5 Å². The summed E-state index contributed by atoms with van der Waals surface area (Å²) in [4.78, 5) is 0. The predicted octanol–water partition coefficient (Wildman–Crippen LogP) is 0.703. The smallest absolute Gasteiger partial charge is 0.178 e. The fourth-order valence-electron chi connectivity index (χ4n) is 1.08. The third-order valence-corrected chi connectivity index (χ3v) is 1.78. The third-order valence-electron chi connectivity index (χ3n) is 1.78. The monoisotopic (exact) mass is 202 g/mol. The van der Waals surface area contributed by atoms with Crippen LogP contribution in [0.4, 0.5) is 0 Å². The zero-order valence-electron chi connectivity index (χ0n) is 8.55. The maximum absolute atomic E-state index is 5.40. The molecule has 3 nitrogen and oxygen atoms in total. The number of nitrogens with two attached hydrogens (primary N) is 1. The van der Waals surface area contributed by atoms with Crippen molar-refractivity contribution < 1.29 is 4.42 Å². The van der Waals surface area contributed by atoms with Crippen molar-refractivity contribution in [3.05, 3.63) is 23.7 Å². The van der Waals surface area contributed by atoms with Gasteiger partial charge in [0.2, 0.25) is 0 Å². The first-order valence-electron chi connectivity index (χ1n) is 4.83. The Balaban J connectivity index is 2.37. The van der Waals surface area contributed by atoms with E-state index in [1.165, 1.54) is 0 Å². The highest BCUT2D eigenvalue weighted by Gasteiger charge is 1.98. The van der Waals surface area contributed by atoms with E-state index in [1.54, 1.807) is 0 Å². The maximum atomic E-state index is 5.40. The van der Waals surface area contributed by atoms with Gasteiger partial charge >= 0.3 is 0 Å². The molecule has 0 saturated heterocycles. The van der Waals surface area contributed by atoms with Gasteiger partial charge in [0.15, 0.2) is 5.76 Å². The van der Waals surface area contributed by atoms with Crippen molar-refractivity contribution in [3.63, 3.8) is 0 Å². The van der Waals surface area contributed by atoms with Crippen LogP contribution in [-0.4, -0.2) is 13.1 Å². The molecular formula is C12H14N2O. The van der Waals surface area contributed by atoms with Gasteiger partial charge in [-0.3, -0.25) is 0 Å². The molecule has 0 radical (unpaired) electrons. The molecule has 0 fully saturated rings. The van der Waals surface area contributed by atoms with Crippen molar-refractivity contribution in [2.24, 2.45) is 5.73 Å². The highest BCUT2D eigenvalue weighted by Crippen LogP contribution is 2.05. The van der Waals surface area contributed by atoms with E-state index >= 15 is 0 Å². The van der Waals surface area contributed by atoms with Gasteiger partial charge in [-0.2, -0.15) is 0 Å². The number of hydrogen-bond donors (Lipinski definition) is 2. The molecule has 15 heavy (non-hydrogen) atoms. The summed E-state index contributed by atoms with van der Waals surface area (Å²) < 4.78 is 5.40. The summed E-state index contributed by atoms with van der Waals surface area (Å²) in [6.45, 7) is 2.28. The fourth-order valence-corrected chi connectivity index (χ4v) is 1.08. The van der Waals surface area contributed by atoms with Crippen molar-refractivity contribution in [1.82, 2.24) is 5.32 Å². The van der Waals surface area contributed by atoms with Crippen LogP contribution in [0.25, 0.3) is 0 Å². The minimum atomic E-state index is 0.601. The fraction of sp³-hybridized carbons (Fsp3) is 0.333.